The molecule has 0 N–H and O–H groups in total. The van der Waals surface area contributed by atoms with Gasteiger partial charge < -0.3 is 0 Å². The highest BCUT2D eigenvalue weighted by Gasteiger charge is 2.73. The van der Waals surface area contributed by atoms with Gasteiger partial charge in [0.1, 0.15) is 5.82 Å². The third-order valence-electron chi connectivity index (χ3n) is 4.78. The number of hydrogen-bond acceptors (Lipinski definition) is 2. The number of benzene rings is 2. The van der Waals surface area contributed by atoms with E-state index in [0.717, 1.165) is 24.3 Å². The zero-order valence-corrected chi connectivity index (χ0v) is 17.5. The second kappa shape index (κ2) is 7.58. The Morgan fingerprint density at radius 1 is 0.871 bits per heavy atom. The van der Waals surface area contributed by atoms with Crippen LogP contribution in [0.1, 0.15) is 23.1 Å². The van der Waals surface area contributed by atoms with E-state index in [2.05, 4.69) is 15.9 Å². The van der Waals surface area contributed by atoms with Crippen molar-refractivity contribution in [3.8, 4) is 0 Å². The highest BCUT2D eigenvalue weighted by molar-refractivity contribution is 9.10. The number of rotatable bonds is 3. The molecule has 3 rings (SSSR count). The van der Waals surface area contributed by atoms with E-state index >= 15 is 0 Å². The molecule has 0 saturated heterocycles. The molecule has 0 radical (unpaired) electrons. The lowest BCUT2D eigenvalue weighted by Gasteiger charge is -2.31. The van der Waals surface area contributed by atoms with Crippen molar-refractivity contribution in [2.75, 3.05) is 0 Å². The molecule has 2 nitrogen and oxygen atoms in total. The highest BCUT2D eigenvalue weighted by Crippen LogP contribution is 2.53. The van der Waals surface area contributed by atoms with Gasteiger partial charge in [-0.25, -0.2) is 17.2 Å². The summed E-state index contributed by atoms with van der Waals surface area (Å²) < 4.78 is 132. The monoisotopic (exact) mass is 534 g/mol. The summed E-state index contributed by atoms with van der Waals surface area (Å²) in [6, 6.07) is 4.22. The number of fused-ring (bicyclic) bond motifs is 1. The van der Waals surface area contributed by atoms with Crippen molar-refractivity contribution in [2.45, 2.75) is 35.8 Å². The predicted molar refractivity (Wildman–Crippen MR) is 98.9 cm³/mol. The molecule has 0 heterocycles. The van der Waals surface area contributed by atoms with Crippen LogP contribution in [0.25, 0.3) is 4.91 Å². The normalized spacial score (nSPS) is 15.5. The second-order valence-corrected chi connectivity index (χ2v) is 9.48. The SMILES string of the molecule is O=S(=O)(C1=CCCc2cc(C(F)(C(F)(F)F)C(F)(F)F)ccc21)c1ccc(F)c(Br)c1. The van der Waals surface area contributed by atoms with Gasteiger partial charge in [-0.15, -0.1) is 0 Å². The van der Waals surface area contributed by atoms with Crippen LogP contribution < -0.4 is 0 Å². The molecule has 0 atom stereocenters. The molecule has 12 heteroatoms. The summed E-state index contributed by atoms with van der Waals surface area (Å²) in [7, 11) is -4.29. The Balaban J connectivity index is 2.14. The first-order chi connectivity index (χ1) is 14.1. The average molecular weight is 535 g/mol. The molecule has 1 aliphatic carbocycles. The predicted octanol–water partition coefficient (Wildman–Crippen LogP) is 6.64. The Morgan fingerprint density at radius 3 is 2.03 bits per heavy atom. The van der Waals surface area contributed by atoms with Gasteiger partial charge in [-0.2, -0.15) is 26.3 Å². The molecule has 168 valence electrons. The first-order valence-electron chi connectivity index (χ1n) is 8.47. The number of sulfone groups is 1. The van der Waals surface area contributed by atoms with Crippen molar-refractivity contribution >= 4 is 30.7 Å². The molecule has 2 aromatic carbocycles. The van der Waals surface area contributed by atoms with Crippen LogP contribution in [0.15, 0.2) is 51.8 Å². The topological polar surface area (TPSA) is 34.1 Å². The van der Waals surface area contributed by atoms with E-state index in [1.807, 2.05) is 0 Å². The fourth-order valence-electron chi connectivity index (χ4n) is 3.24. The molecular formula is C19H11BrF8O2S. The van der Waals surface area contributed by atoms with E-state index in [-0.39, 0.29) is 44.3 Å². The summed E-state index contributed by atoms with van der Waals surface area (Å²) in [5.41, 5.74) is -7.64. The first kappa shape index (κ1) is 23.7. The van der Waals surface area contributed by atoms with Gasteiger partial charge >= 0.3 is 18.0 Å². The number of alkyl halides is 7. The third kappa shape index (κ3) is 3.88. The van der Waals surface area contributed by atoms with Crippen molar-refractivity contribution in [3.63, 3.8) is 0 Å². The molecule has 0 aromatic heterocycles. The minimum Gasteiger partial charge on any atom is -0.219 e. The third-order valence-corrected chi connectivity index (χ3v) is 7.23. The van der Waals surface area contributed by atoms with Crippen molar-refractivity contribution in [2.24, 2.45) is 0 Å². The minimum absolute atomic E-state index is 0.0231. The summed E-state index contributed by atoms with van der Waals surface area (Å²) >= 11 is 2.85. The molecule has 0 spiro atoms. The first-order valence-corrected chi connectivity index (χ1v) is 10.7. The fourth-order valence-corrected chi connectivity index (χ4v) is 5.37. The smallest absolute Gasteiger partial charge is 0.219 e. The Morgan fingerprint density at radius 2 is 1.48 bits per heavy atom. The molecule has 31 heavy (non-hydrogen) atoms. The zero-order chi connectivity index (χ0) is 23.4. The molecule has 0 saturated carbocycles. The maximum Gasteiger partial charge on any atom is 0.435 e. The summed E-state index contributed by atoms with van der Waals surface area (Å²) in [6.45, 7) is 0. The second-order valence-electron chi connectivity index (χ2n) is 6.71. The summed E-state index contributed by atoms with van der Waals surface area (Å²) in [5, 5.41) is 0. The Kier molecular flexibility index (Phi) is 5.79. The van der Waals surface area contributed by atoms with Crippen molar-refractivity contribution in [1.29, 1.82) is 0 Å². The molecular weight excluding hydrogens is 524 g/mol. The van der Waals surface area contributed by atoms with E-state index in [4.69, 9.17) is 0 Å². The number of hydrogen-bond donors (Lipinski definition) is 0. The van der Waals surface area contributed by atoms with E-state index < -0.39 is 39.2 Å². The Hall–Kier alpha value is -1.95. The van der Waals surface area contributed by atoms with E-state index in [1.54, 1.807) is 0 Å². The van der Waals surface area contributed by atoms with Crippen molar-refractivity contribution < 1.29 is 43.5 Å². The van der Waals surface area contributed by atoms with Gasteiger partial charge in [-0.1, -0.05) is 24.3 Å². The van der Waals surface area contributed by atoms with Gasteiger partial charge in [-0.3, -0.25) is 0 Å². The number of allylic oxidation sites excluding steroid dienone is 1. The van der Waals surface area contributed by atoms with Crippen LogP contribution in [0.3, 0.4) is 0 Å². The lowest BCUT2D eigenvalue weighted by Crippen LogP contribution is -2.50. The van der Waals surface area contributed by atoms with Crippen LogP contribution in [0.2, 0.25) is 0 Å². The van der Waals surface area contributed by atoms with Gasteiger partial charge in [-0.05, 0) is 58.1 Å². The maximum atomic E-state index is 14.4. The molecule has 0 bridgehead atoms. The lowest BCUT2D eigenvalue weighted by atomic mass is 9.88. The van der Waals surface area contributed by atoms with E-state index in [9.17, 15) is 43.5 Å². The molecule has 0 fully saturated rings. The van der Waals surface area contributed by atoms with Gasteiger partial charge in [0.05, 0.1) is 14.3 Å². The molecule has 0 unspecified atom stereocenters. The molecule has 2 aromatic rings. The van der Waals surface area contributed by atoms with E-state index in [0.29, 0.717) is 6.07 Å². The van der Waals surface area contributed by atoms with Gasteiger partial charge in [0.25, 0.3) is 0 Å². The van der Waals surface area contributed by atoms with Gasteiger partial charge in [0.15, 0.2) is 0 Å². The molecule has 0 aliphatic heterocycles. The zero-order valence-electron chi connectivity index (χ0n) is 15.1. The van der Waals surface area contributed by atoms with Crippen LogP contribution in [-0.4, -0.2) is 20.8 Å². The molecule has 1 aliphatic rings. The standard InChI is InChI=1S/C19H11BrF8O2S/c20-14-9-12(5-7-15(14)21)31(29,30)16-3-1-2-10-8-11(4-6-13(10)16)17(22,18(23,24)25)19(26,27)28/h3-9H,1-2H2. The number of aryl methyl sites for hydroxylation is 1. The maximum absolute atomic E-state index is 14.4. The summed E-state index contributed by atoms with van der Waals surface area (Å²) in [6.07, 6.45) is -11.4. The van der Waals surface area contributed by atoms with Crippen LogP contribution in [0, 0.1) is 5.82 Å². The Labute approximate surface area is 179 Å². The Bertz CT molecular complexity index is 1150. The minimum atomic E-state index is -6.28. The number of halogens is 9. The fraction of sp³-hybridized carbons (Fsp3) is 0.263. The van der Waals surface area contributed by atoms with Gasteiger partial charge in [0, 0.05) is 5.56 Å². The summed E-state index contributed by atoms with van der Waals surface area (Å²) in [4.78, 5) is -0.711. The van der Waals surface area contributed by atoms with Crippen LogP contribution in [0.5, 0.6) is 0 Å². The highest BCUT2D eigenvalue weighted by atomic mass is 79.9. The largest absolute Gasteiger partial charge is 0.435 e. The lowest BCUT2D eigenvalue weighted by molar-refractivity contribution is -0.348. The quantitative estimate of drug-likeness (QED) is 0.327. The van der Waals surface area contributed by atoms with E-state index in [1.165, 1.54) is 6.08 Å². The van der Waals surface area contributed by atoms with Crippen LogP contribution in [-0.2, 0) is 21.9 Å². The van der Waals surface area contributed by atoms with Crippen LogP contribution >= 0.6 is 15.9 Å². The van der Waals surface area contributed by atoms with Gasteiger partial charge in [0.2, 0.25) is 9.84 Å². The van der Waals surface area contributed by atoms with Crippen molar-refractivity contribution in [3.05, 3.63) is 69.5 Å². The van der Waals surface area contributed by atoms with Crippen LogP contribution in [0.4, 0.5) is 35.1 Å². The summed E-state index contributed by atoms with van der Waals surface area (Å²) in [5.74, 6) is -0.736. The van der Waals surface area contributed by atoms with Crippen molar-refractivity contribution in [1.82, 2.24) is 0 Å². The average Bonchev–Trinajstić information content (AvgIpc) is 2.66. The molecule has 0 amide bonds.